The van der Waals surface area contributed by atoms with E-state index in [1.807, 2.05) is 12.1 Å². The lowest BCUT2D eigenvalue weighted by Crippen LogP contribution is -2.41. The number of carbonyl (C=O) groups excluding carboxylic acids is 1. The zero-order valence-electron chi connectivity index (χ0n) is 13.4. The number of hydrogen-bond donors (Lipinski definition) is 3. The summed E-state index contributed by atoms with van der Waals surface area (Å²) in [4.78, 5) is 23.3. The Morgan fingerprint density at radius 3 is 2.58 bits per heavy atom. The first kappa shape index (κ1) is 17.5. The van der Waals surface area contributed by atoms with Gasteiger partial charge in [0.2, 0.25) is 0 Å². The van der Waals surface area contributed by atoms with E-state index in [0.717, 1.165) is 11.3 Å². The van der Waals surface area contributed by atoms with Crippen molar-refractivity contribution in [3.63, 3.8) is 0 Å². The predicted molar refractivity (Wildman–Crippen MR) is 86.0 cm³/mol. The monoisotopic (exact) mass is 333 g/mol. The van der Waals surface area contributed by atoms with Gasteiger partial charge in [0, 0.05) is 25.7 Å². The van der Waals surface area contributed by atoms with E-state index in [1.165, 1.54) is 7.11 Å². The molecule has 1 aromatic heterocycles. The molecule has 1 unspecified atom stereocenters. The molecule has 0 aliphatic heterocycles. The van der Waals surface area contributed by atoms with Crippen LogP contribution in [0.3, 0.4) is 0 Å². The molecule has 0 bridgehead atoms. The van der Waals surface area contributed by atoms with Crippen LogP contribution in [0.4, 0.5) is 0 Å². The van der Waals surface area contributed by atoms with Gasteiger partial charge in [-0.15, -0.1) is 0 Å². The minimum absolute atomic E-state index is 0.178. The van der Waals surface area contributed by atoms with Gasteiger partial charge < -0.3 is 19.9 Å². The molecule has 0 aliphatic rings. The molecular weight excluding hydrogens is 314 g/mol. The maximum Gasteiger partial charge on any atom is 0.326 e. The Balaban J connectivity index is 2.08. The number of H-pyrrole nitrogens is 1. The summed E-state index contributed by atoms with van der Waals surface area (Å²) in [6.07, 6.45) is 0.178. The lowest BCUT2D eigenvalue weighted by Gasteiger charge is -2.12. The Hall–Kier alpha value is -2.87. The van der Waals surface area contributed by atoms with Crippen molar-refractivity contribution in [3.05, 3.63) is 36.0 Å². The fourth-order valence-corrected chi connectivity index (χ4v) is 2.08. The molecule has 1 amide bonds. The normalized spacial score (nSPS) is 11.8. The third kappa shape index (κ3) is 4.32. The molecule has 8 heteroatoms. The number of rotatable bonds is 8. The zero-order valence-corrected chi connectivity index (χ0v) is 13.4. The van der Waals surface area contributed by atoms with E-state index in [-0.39, 0.29) is 18.7 Å². The number of benzene rings is 1. The maximum absolute atomic E-state index is 12.2. The number of hydrogen-bond acceptors (Lipinski definition) is 5. The highest BCUT2D eigenvalue weighted by atomic mass is 16.5. The van der Waals surface area contributed by atoms with Crippen LogP contribution in [0.5, 0.6) is 5.75 Å². The second-order valence-electron chi connectivity index (χ2n) is 5.04. The Morgan fingerprint density at radius 1 is 1.29 bits per heavy atom. The number of carboxylic acid groups (broad SMARTS) is 1. The number of amides is 1. The van der Waals surface area contributed by atoms with Gasteiger partial charge in [-0.05, 0) is 30.3 Å². The van der Waals surface area contributed by atoms with Gasteiger partial charge in [0.1, 0.15) is 17.5 Å². The Bertz CT molecular complexity index is 696. The average Bonchev–Trinajstić information content (AvgIpc) is 3.08. The third-order valence-electron chi connectivity index (χ3n) is 3.42. The molecule has 1 heterocycles. The Morgan fingerprint density at radius 2 is 2.00 bits per heavy atom. The minimum Gasteiger partial charge on any atom is -0.497 e. The highest BCUT2D eigenvalue weighted by molar-refractivity contribution is 5.95. The van der Waals surface area contributed by atoms with Crippen LogP contribution in [-0.2, 0) is 9.53 Å². The van der Waals surface area contributed by atoms with Gasteiger partial charge in [-0.3, -0.25) is 9.89 Å². The van der Waals surface area contributed by atoms with Crippen LogP contribution in [0, 0.1) is 0 Å². The van der Waals surface area contributed by atoms with E-state index < -0.39 is 17.9 Å². The number of aliphatic carboxylic acids is 1. The summed E-state index contributed by atoms with van der Waals surface area (Å²) in [5.74, 6) is -0.934. The molecule has 0 saturated heterocycles. The van der Waals surface area contributed by atoms with Crippen LogP contribution in [0.25, 0.3) is 11.3 Å². The van der Waals surface area contributed by atoms with Gasteiger partial charge in [0.15, 0.2) is 0 Å². The highest BCUT2D eigenvalue weighted by Gasteiger charge is 2.21. The quantitative estimate of drug-likeness (QED) is 0.671. The number of ether oxygens (including phenoxy) is 2. The molecule has 0 spiro atoms. The summed E-state index contributed by atoms with van der Waals surface area (Å²) in [5, 5.41) is 18.3. The van der Waals surface area contributed by atoms with Crippen LogP contribution in [-0.4, -0.2) is 54.0 Å². The fourth-order valence-electron chi connectivity index (χ4n) is 2.08. The summed E-state index contributed by atoms with van der Waals surface area (Å²) >= 11 is 0. The van der Waals surface area contributed by atoms with Crippen LogP contribution in [0.2, 0.25) is 0 Å². The molecule has 1 atom stereocenters. The standard InChI is InChI=1S/C16H19N3O5/c1-23-8-7-12(16(21)22)17-15(20)14-9-13(18-19-14)10-3-5-11(24-2)6-4-10/h3-6,9,12H,7-8H2,1-2H3,(H,17,20)(H,18,19)(H,21,22). The molecule has 3 N–H and O–H groups in total. The molecule has 0 aliphatic carbocycles. The van der Waals surface area contributed by atoms with E-state index in [1.54, 1.807) is 25.3 Å². The van der Waals surface area contributed by atoms with Crippen LogP contribution in [0.1, 0.15) is 16.9 Å². The second-order valence-corrected chi connectivity index (χ2v) is 5.04. The number of aromatic nitrogens is 2. The molecule has 128 valence electrons. The molecule has 2 rings (SSSR count). The smallest absolute Gasteiger partial charge is 0.326 e. The average molecular weight is 333 g/mol. The number of methoxy groups -OCH3 is 2. The number of carboxylic acids is 1. The van der Waals surface area contributed by atoms with E-state index in [9.17, 15) is 9.59 Å². The van der Waals surface area contributed by atoms with Crippen molar-refractivity contribution in [2.24, 2.45) is 0 Å². The third-order valence-corrected chi connectivity index (χ3v) is 3.42. The summed E-state index contributed by atoms with van der Waals surface area (Å²) < 4.78 is 9.93. The molecule has 2 aromatic rings. The zero-order chi connectivity index (χ0) is 17.5. The van der Waals surface area contributed by atoms with E-state index in [2.05, 4.69) is 15.5 Å². The summed E-state index contributed by atoms with van der Waals surface area (Å²) in [6, 6.07) is 7.74. The second kappa shape index (κ2) is 8.11. The first-order valence-electron chi connectivity index (χ1n) is 7.27. The number of carbonyl (C=O) groups is 2. The van der Waals surface area contributed by atoms with Crippen LogP contribution < -0.4 is 10.1 Å². The summed E-state index contributed by atoms with van der Waals surface area (Å²) in [5.41, 5.74) is 1.57. The van der Waals surface area contributed by atoms with Crippen molar-refractivity contribution in [2.75, 3.05) is 20.8 Å². The summed E-state index contributed by atoms with van der Waals surface area (Å²) in [6.45, 7) is 0.233. The molecule has 0 saturated carbocycles. The van der Waals surface area contributed by atoms with Crippen molar-refractivity contribution in [1.82, 2.24) is 15.5 Å². The molecule has 1 aromatic carbocycles. The molecule has 0 fully saturated rings. The largest absolute Gasteiger partial charge is 0.497 e. The molecule has 0 radical (unpaired) electrons. The number of aromatic amines is 1. The first-order chi connectivity index (χ1) is 11.5. The van der Waals surface area contributed by atoms with E-state index in [4.69, 9.17) is 14.6 Å². The van der Waals surface area contributed by atoms with Gasteiger partial charge in [0.25, 0.3) is 5.91 Å². The van der Waals surface area contributed by atoms with Crippen molar-refractivity contribution in [3.8, 4) is 17.0 Å². The first-order valence-corrected chi connectivity index (χ1v) is 7.27. The van der Waals surface area contributed by atoms with Gasteiger partial charge in [-0.25, -0.2) is 4.79 Å². The topological polar surface area (TPSA) is 114 Å². The van der Waals surface area contributed by atoms with Gasteiger partial charge >= 0.3 is 5.97 Å². The number of nitrogens with zero attached hydrogens (tertiary/aromatic N) is 1. The SMILES string of the molecule is COCCC(NC(=O)c1cc(-c2ccc(OC)cc2)n[nH]1)C(=O)O. The van der Waals surface area contributed by atoms with E-state index in [0.29, 0.717) is 5.69 Å². The van der Waals surface area contributed by atoms with Crippen molar-refractivity contribution in [2.45, 2.75) is 12.5 Å². The highest BCUT2D eigenvalue weighted by Crippen LogP contribution is 2.21. The van der Waals surface area contributed by atoms with Crippen molar-refractivity contribution < 1.29 is 24.2 Å². The predicted octanol–water partition coefficient (Wildman–Crippen LogP) is 1.30. The van der Waals surface area contributed by atoms with Gasteiger partial charge in [-0.1, -0.05) is 0 Å². The molecule has 8 nitrogen and oxygen atoms in total. The lowest BCUT2D eigenvalue weighted by atomic mass is 10.1. The molecule has 24 heavy (non-hydrogen) atoms. The van der Waals surface area contributed by atoms with Crippen LogP contribution in [0.15, 0.2) is 30.3 Å². The maximum atomic E-state index is 12.2. The molecular formula is C16H19N3O5. The van der Waals surface area contributed by atoms with Crippen molar-refractivity contribution >= 4 is 11.9 Å². The van der Waals surface area contributed by atoms with E-state index >= 15 is 0 Å². The van der Waals surface area contributed by atoms with Gasteiger partial charge in [0.05, 0.1) is 12.8 Å². The fraction of sp³-hybridized carbons (Fsp3) is 0.312. The Labute approximate surface area is 138 Å². The van der Waals surface area contributed by atoms with Crippen LogP contribution >= 0.6 is 0 Å². The van der Waals surface area contributed by atoms with Crippen molar-refractivity contribution in [1.29, 1.82) is 0 Å². The number of nitrogens with one attached hydrogen (secondary N) is 2. The summed E-state index contributed by atoms with van der Waals surface area (Å²) in [7, 11) is 3.05. The minimum atomic E-state index is -1.12. The lowest BCUT2D eigenvalue weighted by molar-refractivity contribution is -0.139. The van der Waals surface area contributed by atoms with Gasteiger partial charge in [-0.2, -0.15) is 5.10 Å². The Kier molecular flexibility index (Phi) is 5.91.